The first kappa shape index (κ1) is 20.2. The van der Waals surface area contributed by atoms with Crippen molar-refractivity contribution in [2.24, 2.45) is 10.9 Å². The molecule has 1 aromatic heterocycles. The highest BCUT2D eigenvalue weighted by Crippen LogP contribution is 2.28. The van der Waals surface area contributed by atoms with Gasteiger partial charge in [-0.05, 0) is 26.2 Å². The zero-order valence-corrected chi connectivity index (χ0v) is 16.6. The van der Waals surface area contributed by atoms with Gasteiger partial charge in [0.15, 0.2) is 11.8 Å². The van der Waals surface area contributed by atoms with Gasteiger partial charge in [-0.2, -0.15) is 4.98 Å². The second-order valence-electron chi connectivity index (χ2n) is 6.00. The van der Waals surface area contributed by atoms with E-state index in [2.05, 4.69) is 32.7 Å². The summed E-state index contributed by atoms with van der Waals surface area (Å²) in [6, 6.07) is 0. The van der Waals surface area contributed by atoms with Crippen LogP contribution in [0.15, 0.2) is 9.52 Å². The summed E-state index contributed by atoms with van der Waals surface area (Å²) in [6.45, 7) is 6.09. The van der Waals surface area contributed by atoms with E-state index in [1.165, 1.54) is 44.9 Å². The van der Waals surface area contributed by atoms with Crippen LogP contribution in [0.4, 0.5) is 0 Å². The van der Waals surface area contributed by atoms with Crippen molar-refractivity contribution in [1.29, 1.82) is 0 Å². The first-order valence-corrected chi connectivity index (χ1v) is 8.59. The van der Waals surface area contributed by atoms with Crippen LogP contribution in [-0.2, 0) is 6.54 Å². The summed E-state index contributed by atoms with van der Waals surface area (Å²) in [7, 11) is 0. The highest BCUT2D eigenvalue weighted by Gasteiger charge is 2.13. The number of aryl methyl sites for hydroxylation is 1. The molecule has 132 valence electrons. The molecule has 23 heavy (non-hydrogen) atoms. The van der Waals surface area contributed by atoms with Crippen molar-refractivity contribution in [3.8, 4) is 0 Å². The number of guanidine groups is 1. The third kappa shape index (κ3) is 7.99. The smallest absolute Gasteiger partial charge is 0.248 e. The second-order valence-corrected chi connectivity index (χ2v) is 6.00. The van der Waals surface area contributed by atoms with Crippen LogP contribution in [0, 0.1) is 12.8 Å². The Labute approximate surface area is 156 Å². The first-order valence-electron chi connectivity index (χ1n) is 8.59. The quantitative estimate of drug-likeness (QED) is 0.283. The van der Waals surface area contributed by atoms with Crippen molar-refractivity contribution < 1.29 is 4.52 Å². The van der Waals surface area contributed by atoms with E-state index in [9.17, 15) is 0 Å². The monoisotopic (exact) mass is 435 g/mol. The van der Waals surface area contributed by atoms with Gasteiger partial charge in [0.05, 0.1) is 0 Å². The van der Waals surface area contributed by atoms with E-state index >= 15 is 0 Å². The van der Waals surface area contributed by atoms with E-state index in [4.69, 9.17) is 4.52 Å². The normalized spacial score (nSPS) is 15.5. The zero-order chi connectivity index (χ0) is 15.6. The summed E-state index contributed by atoms with van der Waals surface area (Å²) in [5, 5.41) is 10.4. The Hall–Kier alpha value is -0.860. The number of hydrogen-bond acceptors (Lipinski definition) is 4. The predicted octanol–water partition coefficient (Wildman–Crippen LogP) is 3.41. The minimum absolute atomic E-state index is 0. The van der Waals surface area contributed by atoms with Crippen LogP contribution in [0.25, 0.3) is 0 Å². The minimum atomic E-state index is 0. The Morgan fingerprint density at radius 2 is 2.04 bits per heavy atom. The number of nitrogens with one attached hydrogen (secondary N) is 2. The highest BCUT2D eigenvalue weighted by atomic mass is 127. The Balaban J connectivity index is 0.00000264. The van der Waals surface area contributed by atoms with Crippen LogP contribution in [-0.4, -0.2) is 29.2 Å². The van der Waals surface area contributed by atoms with Crippen LogP contribution in [0.5, 0.6) is 0 Å². The van der Waals surface area contributed by atoms with Crippen LogP contribution < -0.4 is 10.6 Å². The number of aromatic nitrogens is 2. The van der Waals surface area contributed by atoms with Gasteiger partial charge in [0.2, 0.25) is 5.89 Å². The van der Waals surface area contributed by atoms with Gasteiger partial charge < -0.3 is 15.2 Å². The predicted molar refractivity (Wildman–Crippen MR) is 103 cm³/mol. The average Bonchev–Trinajstić information content (AvgIpc) is 3.16. The summed E-state index contributed by atoms with van der Waals surface area (Å²) >= 11 is 0. The van der Waals surface area contributed by atoms with Crippen LogP contribution in [0.1, 0.15) is 63.6 Å². The molecule has 7 heteroatoms. The summed E-state index contributed by atoms with van der Waals surface area (Å²) in [5.74, 6) is 3.01. The fourth-order valence-electron chi connectivity index (χ4n) is 2.96. The van der Waals surface area contributed by atoms with Gasteiger partial charge in [0.1, 0.15) is 6.54 Å². The maximum absolute atomic E-state index is 5.07. The van der Waals surface area contributed by atoms with Crippen LogP contribution in [0.3, 0.4) is 0 Å². The SMILES string of the molecule is CCNC(=NCc1nc(C)no1)NCCCCC1CCCC1.I. The van der Waals surface area contributed by atoms with Gasteiger partial charge >= 0.3 is 0 Å². The Bertz CT molecular complexity index is 457. The third-order valence-corrected chi connectivity index (χ3v) is 4.09. The lowest BCUT2D eigenvalue weighted by atomic mass is 10.0. The van der Waals surface area contributed by atoms with Gasteiger partial charge in [0.25, 0.3) is 0 Å². The maximum atomic E-state index is 5.07. The lowest BCUT2D eigenvalue weighted by Crippen LogP contribution is -2.37. The van der Waals surface area contributed by atoms with Gasteiger partial charge in [-0.25, -0.2) is 4.99 Å². The van der Waals surface area contributed by atoms with E-state index in [1.54, 1.807) is 0 Å². The summed E-state index contributed by atoms with van der Waals surface area (Å²) < 4.78 is 5.07. The summed E-state index contributed by atoms with van der Waals surface area (Å²) in [5.41, 5.74) is 0. The fourth-order valence-corrected chi connectivity index (χ4v) is 2.96. The number of halogens is 1. The molecule has 0 spiro atoms. The molecule has 1 fully saturated rings. The van der Waals surface area contributed by atoms with Crippen molar-refractivity contribution in [1.82, 2.24) is 20.8 Å². The molecule has 0 radical (unpaired) electrons. The molecule has 6 nitrogen and oxygen atoms in total. The summed E-state index contributed by atoms with van der Waals surface area (Å²) in [4.78, 5) is 8.63. The average molecular weight is 435 g/mol. The van der Waals surface area contributed by atoms with Crippen LogP contribution in [0.2, 0.25) is 0 Å². The first-order chi connectivity index (χ1) is 10.8. The molecule has 2 rings (SSSR count). The minimum Gasteiger partial charge on any atom is -0.357 e. The molecule has 1 aliphatic carbocycles. The van der Waals surface area contributed by atoms with Gasteiger partial charge in [-0.1, -0.05) is 43.7 Å². The van der Waals surface area contributed by atoms with E-state index in [1.807, 2.05) is 6.92 Å². The number of hydrogen-bond donors (Lipinski definition) is 2. The molecule has 1 heterocycles. The molecule has 1 saturated carbocycles. The number of rotatable bonds is 8. The van der Waals surface area contributed by atoms with Gasteiger partial charge in [0, 0.05) is 13.1 Å². The standard InChI is InChI=1S/C16H29N5O.HI/c1-3-17-16(19-12-15-20-13(2)21-22-15)18-11-7-6-10-14-8-4-5-9-14;/h14H,3-12H2,1-2H3,(H2,17,18,19);1H. The molecule has 0 aliphatic heterocycles. The van der Waals surface area contributed by atoms with E-state index in [-0.39, 0.29) is 24.0 Å². The van der Waals surface area contributed by atoms with Crippen molar-refractivity contribution in [2.45, 2.75) is 65.3 Å². The van der Waals surface area contributed by atoms with Gasteiger partial charge in [-0.3, -0.25) is 0 Å². The largest absolute Gasteiger partial charge is 0.357 e. The topological polar surface area (TPSA) is 75.3 Å². The lowest BCUT2D eigenvalue weighted by Gasteiger charge is -2.12. The van der Waals surface area contributed by atoms with Crippen molar-refractivity contribution in [3.63, 3.8) is 0 Å². The molecule has 0 atom stereocenters. The zero-order valence-electron chi connectivity index (χ0n) is 14.3. The molecule has 1 aliphatic rings. The molecule has 0 aromatic carbocycles. The lowest BCUT2D eigenvalue weighted by molar-refractivity contribution is 0.376. The van der Waals surface area contributed by atoms with Gasteiger partial charge in [-0.15, -0.1) is 24.0 Å². The highest BCUT2D eigenvalue weighted by molar-refractivity contribution is 14.0. The van der Waals surface area contributed by atoms with E-state index in [0.29, 0.717) is 18.3 Å². The van der Waals surface area contributed by atoms with Crippen molar-refractivity contribution in [2.75, 3.05) is 13.1 Å². The Kier molecular flexibility index (Phi) is 10.2. The van der Waals surface area contributed by atoms with E-state index in [0.717, 1.165) is 25.0 Å². The molecule has 2 N–H and O–H groups in total. The van der Waals surface area contributed by atoms with Crippen molar-refractivity contribution >= 4 is 29.9 Å². The third-order valence-electron chi connectivity index (χ3n) is 4.09. The number of nitrogens with zero attached hydrogens (tertiary/aromatic N) is 3. The summed E-state index contributed by atoms with van der Waals surface area (Å²) in [6.07, 6.45) is 9.66. The molecule has 0 unspecified atom stereocenters. The second kappa shape index (κ2) is 11.6. The molecular formula is C16H30IN5O. The number of unbranched alkanes of at least 4 members (excludes halogenated alkanes) is 1. The van der Waals surface area contributed by atoms with E-state index < -0.39 is 0 Å². The number of aliphatic imine (C=N–C) groups is 1. The molecule has 0 amide bonds. The molecule has 0 bridgehead atoms. The van der Waals surface area contributed by atoms with Crippen LogP contribution >= 0.6 is 24.0 Å². The molecule has 1 aromatic rings. The molecular weight excluding hydrogens is 405 g/mol. The van der Waals surface area contributed by atoms with Crippen molar-refractivity contribution in [3.05, 3.63) is 11.7 Å². The Morgan fingerprint density at radius 3 is 2.70 bits per heavy atom. The fraction of sp³-hybridized carbons (Fsp3) is 0.812. The maximum Gasteiger partial charge on any atom is 0.248 e. The molecule has 0 saturated heterocycles. The Morgan fingerprint density at radius 1 is 1.26 bits per heavy atom.